The van der Waals surface area contributed by atoms with Gasteiger partial charge in [0, 0.05) is 13.0 Å². The van der Waals surface area contributed by atoms with Gasteiger partial charge in [-0.25, -0.2) is 4.68 Å². The van der Waals surface area contributed by atoms with E-state index in [-0.39, 0.29) is 11.9 Å². The van der Waals surface area contributed by atoms with Gasteiger partial charge >= 0.3 is 5.97 Å². The zero-order valence-electron chi connectivity index (χ0n) is 21.7. The second-order valence-electron chi connectivity index (χ2n) is 9.59. The molecule has 0 N–H and O–H groups in total. The Kier molecular flexibility index (Phi) is 7.40. The Morgan fingerprint density at radius 3 is 2.42 bits per heavy atom. The van der Waals surface area contributed by atoms with Crippen LogP contribution < -0.4 is 4.74 Å². The standard InChI is InChI=1S/C29H33N3O4/c1-19-24(14-15-25-27(19)30-31-32(25)4)26(29(2,3)28(33)35-6)22-9-7-8-21(16-22)18-36-17-20-10-12-23(34-5)13-11-20/h7-16,26H,17-18H2,1-6H3. The maximum Gasteiger partial charge on any atom is 0.312 e. The smallest absolute Gasteiger partial charge is 0.312 e. The van der Waals surface area contributed by atoms with Crippen LogP contribution in [0.1, 0.15) is 47.6 Å². The van der Waals surface area contributed by atoms with Crippen molar-refractivity contribution in [3.05, 3.63) is 88.5 Å². The number of ether oxygens (including phenoxy) is 3. The number of rotatable bonds is 9. The molecule has 1 unspecified atom stereocenters. The van der Waals surface area contributed by atoms with Crippen LogP contribution in [0.2, 0.25) is 0 Å². The molecule has 0 fully saturated rings. The van der Waals surface area contributed by atoms with Crippen molar-refractivity contribution in [3.63, 3.8) is 0 Å². The molecular formula is C29H33N3O4. The van der Waals surface area contributed by atoms with Crippen molar-refractivity contribution in [2.24, 2.45) is 12.5 Å². The number of esters is 1. The zero-order chi connectivity index (χ0) is 25.9. The lowest BCUT2D eigenvalue weighted by Gasteiger charge is -2.34. The lowest BCUT2D eigenvalue weighted by atomic mass is 9.70. The monoisotopic (exact) mass is 487 g/mol. The van der Waals surface area contributed by atoms with E-state index in [9.17, 15) is 4.79 Å². The third-order valence-corrected chi connectivity index (χ3v) is 6.80. The van der Waals surface area contributed by atoms with E-state index >= 15 is 0 Å². The summed E-state index contributed by atoms with van der Waals surface area (Å²) >= 11 is 0. The molecule has 0 saturated carbocycles. The number of fused-ring (bicyclic) bond motifs is 1. The summed E-state index contributed by atoms with van der Waals surface area (Å²) in [6, 6.07) is 20.2. The fraction of sp³-hybridized carbons (Fsp3) is 0.345. The van der Waals surface area contributed by atoms with Crippen LogP contribution in [0, 0.1) is 12.3 Å². The first-order chi connectivity index (χ1) is 17.3. The SMILES string of the molecule is COC(=O)C(C)(C)C(c1cccc(COCc2ccc(OC)cc2)c1)c1ccc2c(nnn2C)c1C. The quantitative estimate of drug-likeness (QED) is 0.297. The largest absolute Gasteiger partial charge is 0.497 e. The fourth-order valence-electron chi connectivity index (χ4n) is 4.80. The number of aromatic nitrogens is 3. The molecule has 0 bridgehead atoms. The van der Waals surface area contributed by atoms with Crippen molar-refractivity contribution >= 4 is 17.0 Å². The average Bonchev–Trinajstić information content (AvgIpc) is 3.27. The van der Waals surface area contributed by atoms with Gasteiger partial charge < -0.3 is 14.2 Å². The summed E-state index contributed by atoms with van der Waals surface area (Å²) in [5, 5.41) is 8.55. The highest BCUT2D eigenvalue weighted by atomic mass is 16.5. The molecule has 36 heavy (non-hydrogen) atoms. The lowest BCUT2D eigenvalue weighted by Crippen LogP contribution is -2.34. The molecule has 0 saturated heterocycles. The summed E-state index contributed by atoms with van der Waals surface area (Å²) in [5.41, 5.74) is 6.11. The van der Waals surface area contributed by atoms with Crippen LogP contribution in [-0.2, 0) is 34.5 Å². The van der Waals surface area contributed by atoms with Gasteiger partial charge in [0.25, 0.3) is 0 Å². The number of benzene rings is 3. The van der Waals surface area contributed by atoms with Gasteiger partial charge in [0.05, 0.1) is 38.4 Å². The van der Waals surface area contributed by atoms with Crippen LogP contribution in [0.5, 0.6) is 5.75 Å². The summed E-state index contributed by atoms with van der Waals surface area (Å²) in [4.78, 5) is 13.0. The molecule has 0 amide bonds. The first-order valence-electron chi connectivity index (χ1n) is 11.9. The third kappa shape index (κ3) is 4.97. The van der Waals surface area contributed by atoms with Gasteiger partial charge in [0.15, 0.2) is 0 Å². The van der Waals surface area contributed by atoms with Gasteiger partial charge in [-0.3, -0.25) is 4.79 Å². The molecule has 0 spiro atoms. The zero-order valence-corrected chi connectivity index (χ0v) is 21.7. The maximum absolute atomic E-state index is 13.0. The highest BCUT2D eigenvalue weighted by molar-refractivity contribution is 5.82. The fourth-order valence-corrected chi connectivity index (χ4v) is 4.80. The normalized spacial score (nSPS) is 12.5. The minimum absolute atomic E-state index is 0.252. The second-order valence-corrected chi connectivity index (χ2v) is 9.59. The van der Waals surface area contributed by atoms with Crippen molar-refractivity contribution in [1.29, 1.82) is 0 Å². The topological polar surface area (TPSA) is 75.5 Å². The Bertz CT molecular complexity index is 1360. The molecule has 7 heteroatoms. The van der Waals surface area contributed by atoms with Gasteiger partial charge in [-0.1, -0.05) is 47.7 Å². The average molecular weight is 488 g/mol. The third-order valence-electron chi connectivity index (χ3n) is 6.80. The van der Waals surface area contributed by atoms with Gasteiger partial charge in [-0.05, 0) is 66.8 Å². The van der Waals surface area contributed by atoms with E-state index in [4.69, 9.17) is 14.2 Å². The molecule has 0 aliphatic heterocycles. The number of aryl methyl sites for hydroxylation is 2. The summed E-state index contributed by atoms with van der Waals surface area (Å²) in [5.74, 6) is 0.297. The summed E-state index contributed by atoms with van der Waals surface area (Å²) in [6.07, 6.45) is 0. The van der Waals surface area contributed by atoms with Crippen LogP contribution in [-0.4, -0.2) is 35.2 Å². The Morgan fingerprint density at radius 2 is 1.72 bits per heavy atom. The Labute approximate surface area is 212 Å². The minimum Gasteiger partial charge on any atom is -0.497 e. The molecule has 188 valence electrons. The number of hydrogen-bond donors (Lipinski definition) is 0. The summed E-state index contributed by atoms with van der Waals surface area (Å²) in [6.45, 7) is 6.84. The van der Waals surface area contributed by atoms with Gasteiger partial charge in [0.1, 0.15) is 11.3 Å². The van der Waals surface area contributed by atoms with Crippen molar-refractivity contribution < 1.29 is 19.0 Å². The second kappa shape index (κ2) is 10.5. The first kappa shape index (κ1) is 25.4. The molecule has 0 aliphatic carbocycles. The first-order valence-corrected chi connectivity index (χ1v) is 11.9. The predicted molar refractivity (Wildman–Crippen MR) is 139 cm³/mol. The lowest BCUT2D eigenvalue weighted by molar-refractivity contribution is -0.151. The number of hydrogen-bond acceptors (Lipinski definition) is 6. The van der Waals surface area contributed by atoms with Crippen LogP contribution in [0.15, 0.2) is 60.7 Å². The molecule has 4 aromatic rings. The van der Waals surface area contributed by atoms with Gasteiger partial charge in [0.2, 0.25) is 0 Å². The maximum atomic E-state index is 13.0. The molecule has 1 aromatic heterocycles. The van der Waals surface area contributed by atoms with Crippen molar-refractivity contribution in [3.8, 4) is 5.75 Å². The summed E-state index contributed by atoms with van der Waals surface area (Å²) < 4.78 is 18.2. The predicted octanol–water partition coefficient (Wildman–Crippen LogP) is 5.33. The van der Waals surface area contributed by atoms with E-state index in [1.807, 2.05) is 70.3 Å². The Hall–Kier alpha value is -3.71. The molecule has 0 radical (unpaired) electrons. The van der Waals surface area contributed by atoms with Crippen molar-refractivity contribution in [2.75, 3.05) is 14.2 Å². The molecule has 0 aliphatic rings. The molecule has 1 heterocycles. The number of carbonyl (C=O) groups is 1. The van der Waals surface area contributed by atoms with Crippen LogP contribution in [0.4, 0.5) is 0 Å². The molecule has 7 nitrogen and oxygen atoms in total. The molecule has 1 atom stereocenters. The van der Waals surface area contributed by atoms with Gasteiger partial charge in [-0.15, -0.1) is 5.10 Å². The summed E-state index contributed by atoms with van der Waals surface area (Å²) in [7, 11) is 4.96. The van der Waals surface area contributed by atoms with E-state index in [1.54, 1.807) is 11.8 Å². The van der Waals surface area contributed by atoms with E-state index in [0.29, 0.717) is 13.2 Å². The van der Waals surface area contributed by atoms with E-state index in [1.165, 1.54) is 7.11 Å². The minimum atomic E-state index is -0.821. The van der Waals surface area contributed by atoms with E-state index in [2.05, 4.69) is 28.5 Å². The van der Waals surface area contributed by atoms with Crippen molar-refractivity contribution in [1.82, 2.24) is 15.0 Å². The van der Waals surface area contributed by atoms with Crippen LogP contribution >= 0.6 is 0 Å². The Morgan fingerprint density at radius 1 is 1.00 bits per heavy atom. The molecular weight excluding hydrogens is 454 g/mol. The number of methoxy groups -OCH3 is 2. The highest BCUT2D eigenvalue weighted by Crippen LogP contribution is 2.44. The van der Waals surface area contributed by atoms with Gasteiger partial charge in [-0.2, -0.15) is 0 Å². The number of nitrogens with zero attached hydrogens (tertiary/aromatic N) is 3. The number of carbonyl (C=O) groups excluding carboxylic acids is 1. The van der Waals surface area contributed by atoms with E-state index in [0.717, 1.165) is 44.6 Å². The van der Waals surface area contributed by atoms with E-state index < -0.39 is 5.41 Å². The Balaban J connectivity index is 1.65. The van der Waals surface area contributed by atoms with Crippen LogP contribution in [0.25, 0.3) is 11.0 Å². The molecule has 4 rings (SSSR count). The van der Waals surface area contributed by atoms with Crippen LogP contribution in [0.3, 0.4) is 0 Å². The van der Waals surface area contributed by atoms with Crippen molar-refractivity contribution in [2.45, 2.75) is 39.9 Å². The molecule has 3 aromatic carbocycles. The highest BCUT2D eigenvalue weighted by Gasteiger charge is 2.41.